The van der Waals surface area contributed by atoms with E-state index >= 15 is 0 Å². The third-order valence-corrected chi connectivity index (χ3v) is 5.83. The van der Waals surface area contributed by atoms with E-state index in [1.54, 1.807) is 18.5 Å². The molecule has 0 N–H and O–H groups in total. The fourth-order valence-electron chi connectivity index (χ4n) is 3.58. The number of carbonyl (C=O) groups excluding carboxylic acids is 1. The van der Waals surface area contributed by atoms with E-state index in [1.165, 1.54) is 28.4 Å². The molecule has 1 amide bonds. The molecule has 8 heteroatoms. The van der Waals surface area contributed by atoms with Gasteiger partial charge in [-0.1, -0.05) is 6.07 Å². The molecule has 0 aliphatic carbocycles. The molecule has 1 unspecified atom stereocenters. The zero-order valence-electron chi connectivity index (χ0n) is 15.7. The van der Waals surface area contributed by atoms with Crippen molar-refractivity contribution in [3.05, 3.63) is 70.7 Å². The van der Waals surface area contributed by atoms with Gasteiger partial charge >= 0.3 is 0 Å². The van der Waals surface area contributed by atoms with Crippen LogP contribution in [0.2, 0.25) is 0 Å². The van der Waals surface area contributed by atoms with E-state index in [2.05, 4.69) is 9.97 Å². The van der Waals surface area contributed by atoms with Crippen LogP contribution in [0.3, 0.4) is 0 Å². The molecule has 1 atom stereocenters. The van der Waals surface area contributed by atoms with E-state index in [-0.39, 0.29) is 24.1 Å². The molecule has 0 spiro atoms. The summed E-state index contributed by atoms with van der Waals surface area (Å²) in [6.45, 7) is 1.48. The van der Waals surface area contributed by atoms with Gasteiger partial charge in [-0.2, -0.15) is 0 Å². The molecule has 0 radical (unpaired) electrons. The average Bonchev–Trinajstić information content (AvgIpc) is 3.26. The molecule has 1 aliphatic rings. The standard InChI is InChI=1S/C21H20F2N4OS/c22-16-6-7-19(18(23)12-16)27(14-17-5-2-11-29-17)20(28)15-4-1-10-26(13-15)21-24-8-3-9-25-21/h2-3,5-9,11-12,15H,1,4,10,13-14H2. The number of anilines is 2. The summed E-state index contributed by atoms with van der Waals surface area (Å²) in [5, 5.41) is 1.91. The number of halogens is 2. The van der Waals surface area contributed by atoms with Gasteiger partial charge in [0, 0.05) is 36.4 Å². The maximum Gasteiger partial charge on any atom is 0.232 e. The summed E-state index contributed by atoms with van der Waals surface area (Å²) in [4.78, 5) is 26.3. The fourth-order valence-corrected chi connectivity index (χ4v) is 4.27. The maximum atomic E-state index is 14.5. The smallest absolute Gasteiger partial charge is 0.232 e. The van der Waals surface area contributed by atoms with E-state index < -0.39 is 11.6 Å². The van der Waals surface area contributed by atoms with E-state index in [4.69, 9.17) is 0 Å². The Labute approximate surface area is 171 Å². The molecule has 1 saturated heterocycles. The summed E-state index contributed by atoms with van der Waals surface area (Å²) < 4.78 is 28.0. The van der Waals surface area contributed by atoms with E-state index in [9.17, 15) is 13.6 Å². The van der Waals surface area contributed by atoms with Gasteiger partial charge in [-0.3, -0.25) is 4.79 Å². The average molecular weight is 414 g/mol. The number of hydrogen-bond acceptors (Lipinski definition) is 5. The second-order valence-electron chi connectivity index (χ2n) is 6.93. The third kappa shape index (κ3) is 4.42. The molecule has 1 aromatic carbocycles. The minimum atomic E-state index is -0.742. The van der Waals surface area contributed by atoms with Gasteiger partial charge in [0.05, 0.1) is 18.2 Å². The summed E-state index contributed by atoms with van der Waals surface area (Å²) in [5.74, 6) is -1.32. The Morgan fingerprint density at radius 3 is 2.76 bits per heavy atom. The molecule has 0 bridgehead atoms. The molecule has 0 saturated carbocycles. The number of carbonyl (C=O) groups is 1. The predicted molar refractivity (Wildman–Crippen MR) is 109 cm³/mol. The van der Waals surface area contributed by atoms with Crippen molar-refractivity contribution >= 4 is 28.9 Å². The van der Waals surface area contributed by atoms with E-state index in [0.29, 0.717) is 18.9 Å². The van der Waals surface area contributed by atoms with Crippen LogP contribution >= 0.6 is 11.3 Å². The number of rotatable bonds is 5. The number of benzene rings is 1. The van der Waals surface area contributed by atoms with Gasteiger partial charge in [0.1, 0.15) is 11.6 Å². The predicted octanol–water partition coefficient (Wildman–Crippen LogP) is 4.27. The van der Waals surface area contributed by atoms with Crippen LogP contribution in [0.15, 0.2) is 54.2 Å². The van der Waals surface area contributed by atoms with Crippen molar-refractivity contribution in [3.63, 3.8) is 0 Å². The van der Waals surface area contributed by atoms with Gasteiger partial charge in [-0.05, 0) is 42.5 Å². The SMILES string of the molecule is O=C(C1CCCN(c2ncccn2)C1)N(Cc1cccs1)c1ccc(F)cc1F. The lowest BCUT2D eigenvalue weighted by molar-refractivity contribution is -0.122. The van der Waals surface area contributed by atoms with Crippen molar-refractivity contribution < 1.29 is 13.6 Å². The topological polar surface area (TPSA) is 49.3 Å². The molecule has 29 heavy (non-hydrogen) atoms. The second-order valence-corrected chi connectivity index (χ2v) is 7.97. The quantitative estimate of drug-likeness (QED) is 0.626. The molecular formula is C21H20F2N4OS. The Kier molecular flexibility index (Phi) is 5.80. The first-order valence-corrected chi connectivity index (χ1v) is 10.3. The number of piperidine rings is 1. The molecule has 3 aromatic rings. The number of thiophene rings is 1. The van der Waals surface area contributed by atoms with Crippen LogP contribution in [0.1, 0.15) is 17.7 Å². The van der Waals surface area contributed by atoms with Crippen LogP contribution in [0.5, 0.6) is 0 Å². The first-order chi connectivity index (χ1) is 14.1. The molecular weight excluding hydrogens is 394 g/mol. The Hall–Kier alpha value is -2.87. The summed E-state index contributed by atoms with van der Waals surface area (Å²) >= 11 is 1.50. The van der Waals surface area contributed by atoms with E-state index in [1.807, 2.05) is 22.4 Å². The van der Waals surface area contributed by atoms with Gasteiger partial charge < -0.3 is 9.80 Å². The Balaban J connectivity index is 1.60. The Morgan fingerprint density at radius 2 is 2.03 bits per heavy atom. The number of aromatic nitrogens is 2. The van der Waals surface area contributed by atoms with Crippen LogP contribution in [-0.4, -0.2) is 29.0 Å². The Morgan fingerprint density at radius 1 is 1.21 bits per heavy atom. The summed E-state index contributed by atoms with van der Waals surface area (Å²) in [7, 11) is 0. The number of amides is 1. The largest absolute Gasteiger partial charge is 0.340 e. The first-order valence-electron chi connectivity index (χ1n) is 9.42. The van der Waals surface area contributed by atoms with Gasteiger partial charge in [0.15, 0.2) is 0 Å². The lowest BCUT2D eigenvalue weighted by Crippen LogP contribution is -2.45. The Bertz CT molecular complexity index is 968. The van der Waals surface area contributed by atoms with Crippen molar-refractivity contribution in [2.75, 3.05) is 22.9 Å². The van der Waals surface area contributed by atoms with Crippen molar-refractivity contribution in [2.45, 2.75) is 19.4 Å². The second kappa shape index (κ2) is 8.65. The van der Waals surface area contributed by atoms with Crippen molar-refractivity contribution in [2.24, 2.45) is 5.92 Å². The minimum absolute atomic E-state index is 0.0953. The highest BCUT2D eigenvalue weighted by molar-refractivity contribution is 7.09. The number of nitrogens with zero attached hydrogens (tertiary/aromatic N) is 4. The fraction of sp³-hybridized carbons (Fsp3) is 0.286. The van der Waals surface area contributed by atoms with Crippen LogP contribution in [0.4, 0.5) is 20.4 Å². The van der Waals surface area contributed by atoms with E-state index in [0.717, 1.165) is 23.9 Å². The molecule has 150 valence electrons. The van der Waals surface area contributed by atoms with Crippen LogP contribution in [0.25, 0.3) is 0 Å². The molecule has 1 fully saturated rings. The highest BCUT2D eigenvalue weighted by atomic mass is 32.1. The normalized spacial score (nSPS) is 16.6. The lowest BCUT2D eigenvalue weighted by Gasteiger charge is -2.35. The molecule has 1 aliphatic heterocycles. The van der Waals surface area contributed by atoms with Gasteiger partial charge in [0.2, 0.25) is 11.9 Å². The maximum absolute atomic E-state index is 14.5. The van der Waals surface area contributed by atoms with Crippen molar-refractivity contribution in [3.8, 4) is 0 Å². The zero-order chi connectivity index (χ0) is 20.2. The summed E-state index contributed by atoms with van der Waals surface area (Å²) in [5.41, 5.74) is 0.0953. The number of hydrogen-bond donors (Lipinski definition) is 0. The third-order valence-electron chi connectivity index (χ3n) is 4.97. The first kappa shape index (κ1) is 19.4. The molecule has 2 aromatic heterocycles. The molecule has 5 nitrogen and oxygen atoms in total. The van der Waals surface area contributed by atoms with Gasteiger partial charge in [-0.25, -0.2) is 18.7 Å². The highest BCUT2D eigenvalue weighted by Crippen LogP contribution is 2.29. The monoisotopic (exact) mass is 414 g/mol. The zero-order valence-corrected chi connectivity index (χ0v) is 16.5. The molecule has 4 rings (SSSR count). The summed E-state index contributed by atoms with van der Waals surface area (Å²) in [6, 6.07) is 8.86. The van der Waals surface area contributed by atoms with Gasteiger partial charge in [-0.15, -0.1) is 11.3 Å². The van der Waals surface area contributed by atoms with Crippen LogP contribution < -0.4 is 9.80 Å². The summed E-state index contributed by atoms with van der Waals surface area (Å²) in [6.07, 6.45) is 4.86. The van der Waals surface area contributed by atoms with Gasteiger partial charge in [0.25, 0.3) is 0 Å². The van der Waals surface area contributed by atoms with Crippen molar-refractivity contribution in [1.29, 1.82) is 0 Å². The highest BCUT2D eigenvalue weighted by Gasteiger charge is 2.32. The van der Waals surface area contributed by atoms with Crippen LogP contribution in [-0.2, 0) is 11.3 Å². The lowest BCUT2D eigenvalue weighted by atomic mass is 9.96. The minimum Gasteiger partial charge on any atom is -0.340 e. The molecule has 3 heterocycles. The van der Waals surface area contributed by atoms with Crippen LogP contribution in [0, 0.1) is 17.6 Å². The van der Waals surface area contributed by atoms with Crippen molar-refractivity contribution in [1.82, 2.24) is 9.97 Å².